The van der Waals surface area contributed by atoms with Gasteiger partial charge in [0.25, 0.3) is 0 Å². The Hall–Kier alpha value is -1.94. The zero-order valence-corrected chi connectivity index (χ0v) is 10.7. The summed E-state index contributed by atoms with van der Waals surface area (Å²) in [5.41, 5.74) is 2.38. The lowest BCUT2D eigenvalue weighted by Crippen LogP contribution is -2.01. The van der Waals surface area contributed by atoms with Crippen molar-refractivity contribution in [1.82, 2.24) is 0 Å². The molecular formula is C14H7BrO3. The van der Waals surface area contributed by atoms with E-state index in [1.165, 1.54) is 6.07 Å². The highest BCUT2D eigenvalue weighted by Crippen LogP contribution is 2.40. The third-order valence-electron chi connectivity index (χ3n) is 3.02. The van der Waals surface area contributed by atoms with Crippen molar-refractivity contribution >= 4 is 27.7 Å². The Morgan fingerprint density at radius 2 is 1.72 bits per heavy atom. The standard InChI is InChI=1S/C14H7BrO3/c15-7-5-10-12(11(6-7)14(17)18)8-3-1-2-4-9(8)13(10)16/h1-6H,(H,17,18). The number of carbonyl (C=O) groups is 2. The number of carbonyl (C=O) groups excluding carboxylic acids is 1. The Labute approximate surface area is 111 Å². The highest BCUT2D eigenvalue weighted by molar-refractivity contribution is 9.10. The first-order valence-corrected chi connectivity index (χ1v) is 6.10. The van der Waals surface area contributed by atoms with Crippen LogP contribution in [-0.4, -0.2) is 16.9 Å². The number of hydrogen-bond donors (Lipinski definition) is 1. The molecule has 0 saturated carbocycles. The van der Waals surface area contributed by atoms with E-state index in [2.05, 4.69) is 15.9 Å². The van der Waals surface area contributed by atoms with Crippen LogP contribution in [0.3, 0.4) is 0 Å². The maximum absolute atomic E-state index is 12.2. The minimum absolute atomic E-state index is 0.121. The van der Waals surface area contributed by atoms with Crippen LogP contribution in [0.5, 0.6) is 0 Å². The molecule has 4 heteroatoms. The van der Waals surface area contributed by atoms with Crippen molar-refractivity contribution in [3.8, 4) is 11.1 Å². The summed E-state index contributed by atoms with van der Waals surface area (Å²) in [6.07, 6.45) is 0. The van der Waals surface area contributed by atoms with Crippen molar-refractivity contribution < 1.29 is 14.7 Å². The SMILES string of the molecule is O=C(O)c1cc(Br)cc2c1-c1ccccc1C2=O. The van der Waals surface area contributed by atoms with E-state index < -0.39 is 5.97 Å². The first-order chi connectivity index (χ1) is 8.59. The smallest absolute Gasteiger partial charge is 0.336 e. The maximum Gasteiger partial charge on any atom is 0.336 e. The van der Waals surface area contributed by atoms with E-state index in [0.29, 0.717) is 26.7 Å². The molecule has 1 aliphatic carbocycles. The Kier molecular flexibility index (Phi) is 2.35. The van der Waals surface area contributed by atoms with E-state index in [9.17, 15) is 14.7 Å². The van der Waals surface area contributed by atoms with Gasteiger partial charge in [-0.25, -0.2) is 4.79 Å². The first-order valence-electron chi connectivity index (χ1n) is 5.30. The number of hydrogen-bond acceptors (Lipinski definition) is 2. The molecule has 0 fully saturated rings. The van der Waals surface area contributed by atoms with Crippen LogP contribution in [0, 0.1) is 0 Å². The lowest BCUT2D eigenvalue weighted by atomic mass is 10.00. The van der Waals surface area contributed by atoms with Crippen LogP contribution in [0.4, 0.5) is 0 Å². The third kappa shape index (κ3) is 1.42. The second-order valence-corrected chi connectivity index (χ2v) is 4.97. The Morgan fingerprint density at radius 1 is 1.06 bits per heavy atom. The van der Waals surface area contributed by atoms with E-state index in [1.54, 1.807) is 30.3 Å². The van der Waals surface area contributed by atoms with E-state index >= 15 is 0 Å². The molecule has 0 amide bonds. The molecule has 2 aromatic rings. The van der Waals surface area contributed by atoms with E-state index in [0.717, 1.165) is 0 Å². The van der Waals surface area contributed by atoms with Gasteiger partial charge in [-0.2, -0.15) is 0 Å². The summed E-state index contributed by atoms with van der Waals surface area (Å²) in [4.78, 5) is 23.5. The van der Waals surface area contributed by atoms with Crippen LogP contribution in [0.25, 0.3) is 11.1 Å². The highest BCUT2D eigenvalue weighted by Gasteiger charge is 2.30. The summed E-state index contributed by atoms with van der Waals surface area (Å²) >= 11 is 3.24. The van der Waals surface area contributed by atoms with Crippen LogP contribution >= 0.6 is 15.9 Å². The molecule has 1 aliphatic rings. The molecule has 0 spiro atoms. The molecule has 2 aromatic carbocycles. The van der Waals surface area contributed by atoms with Gasteiger partial charge in [-0.15, -0.1) is 0 Å². The molecule has 0 aromatic heterocycles. The van der Waals surface area contributed by atoms with Gasteiger partial charge in [-0.05, 0) is 17.7 Å². The van der Waals surface area contributed by atoms with Gasteiger partial charge in [0.2, 0.25) is 0 Å². The summed E-state index contributed by atoms with van der Waals surface area (Å²) in [5, 5.41) is 9.25. The molecule has 3 rings (SSSR count). The van der Waals surface area contributed by atoms with Crippen LogP contribution in [0.15, 0.2) is 40.9 Å². The zero-order valence-electron chi connectivity index (χ0n) is 9.11. The Balaban J connectivity index is 2.43. The van der Waals surface area contributed by atoms with Crippen molar-refractivity contribution in [3.05, 3.63) is 57.6 Å². The van der Waals surface area contributed by atoms with Gasteiger partial charge in [0.1, 0.15) is 0 Å². The topological polar surface area (TPSA) is 54.4 Å². The van der Waals surface area contributed by atoms with Gasteiger partial charge in [0.15, 0.2) is 5.78 Å². The lowest BCUT2D eigenvalue weighted by Gasteiger charge is -2.05. The number of aromatic carboxylic acids is 1. The van der Waals surface area contributed by atoms with Crippen LogP contribution in [0.1, 0.15) is 26.3 Å². The molecule has 88 valence electrons. The quantitative estimate of drug-likeness (QED) is 0.750. The molecule has 0 saturated heterocycles. The van der Waals surface area contributed by atoms with Crippen molar-refractivity contribution in [2.24, 2.45) is 0 Å². The molecule has 0 atom stereocenters. The average Bonchev–Trinajstić information content (AvgIpc) is 2.63. The molecular weight excluding hydrogens is 296 g/mol. The summed E-state index contributed by atoms with van der Waals surface area (Å²) in [5.74, 6) is -1.15. The Bertz CT molecular complexity index is 704. The molecule has 18 heavy (non-hydrogen) atoms. The van der Waals surface area contributed by atoms with Crippen molar-refractivity contribution in [2.45, 2.75) is 0 Å². The summed E-state index contributed by atoms with van der Waals surface area (Å²) in [6, 6.07) is 10.3. The number of ketones is 1. The van der Waals surface area contributed by atoms with Gasteiger partial charge in [0, 0.05) is 21.2 Å². The van der Waals surface area contributed by atoms with E-state index in [4.69, 9.17) is 0 Å². The first kappa shape index (κ1) is 11.2. The minimum atomic E-state index is -1.03. The van der Waals surface area contributed by atoms with Gasteiger partial charge in [-0.1, -0.05) is 40.2 Å². The number of carboxylic acid groups (broad SMARTS) is 1. The summed E-state index contributed by atoms with van der Waals surface area (Å²) < 4.78 is 0.597. The van der Waals surface area contributed by atoms with Gasteiger partial charge in [0.05, 0.1) is 5.56 Å². The van der Waals surface area contributed by atoms with E-state index in [1.807, 2.05) is 0 Å². The van der Waals surface area contributed by atoms with Crippen molar-refractivity contribution in [3.63, 3.8) is 0 Å². The minimum Gasteiger partial charge on any atom is -0.478 e. The molecule has 0 bridgehead atoms. The normalized spacial score (nSPS) is 12.2. The number of halogens is 1. The van der Waals surface area contributed by atoms with Crippen molar-refractivity contribution in [1.29, 1.82) is 0 Å². The van der Waals surface area contributed by atoms with Crippen LogP contribution < -0.4 is 0 Å². The number of benzene rings is 2. The van der Waals surface area contributed by atoms with Crippen LogP contribution in [0.2, 0.25) is 0 Å². The van der Waals surface area contributed by atoms with Gasteiger partial charge < -0.3 is 5.11 Å². The fraction of sp³-hybridized carbons (Fsp3) is 0. The second kappa shape index (κ2) is 3.78. The lowest BCUT2D eigenvalue weighted by molar-refractivity contribution is 0.0697. The fourth-order valence-electron chi connectivity index (χ4n) is 2.29. The third-order valence-corrected chi connectivity index (χ3v) is 3.48. The molecule has 3 nitrogen and oxygen atoms in total. The Morgan fingerprint density at radius 3 is 2.39 bits per heavy atom. The number of rotatable bonds is 1. The zero-order chi connectivity index (χ0) is 12.9. The molecule has 0 heterocycles. The van der Waals surface area contributed by atoms with E-state index in [-0.39, 0.29) is 11.3 Å². The largest absolute Gasteiger partial charge is 0.478 e. The summed E-state index contributed by atoms with van der Waals surface area (Å²) in [7, 11) is 0. The number of fused-ring (bicyclic) bond motifs is 3. The molecule has 0 radical (unpaired) electrons. The maximum atomic E-state index is 12.2. The average molecular weight is 303 g/mol. The molecule has 1 N–H and O–H groups in total. The molecule has 0 aliphatic heterocycles. The molecule has 0 unspecified atom stereocenters. The number of carboxylic acids is 1. The monoisotopic (exact) mass is 302 g/mol. The predicted octanol–water partition coefficient (Wildman–Crippen LogP) is 3.36. The second-order valence-electron chi connectivity index (χ2n) is 4.06. The van der Waals surface area contributed by atoms with Crippen molar-refractivity contribution in [2.75, 3.05) is 0 Å². The van der Waals surface area contributed by atoms with Crippen LogP contribution in [-0.2, 0) is 0 Å². The van der Waals surface area contributed by atoms with Gasteiger partial charge in [-0.3, -0.25) is 4.79 Å². The van der Waals surface area contributed by atoms with Gasteiger partial charge >= 0.3 is 5.97 Å². The summed E-state index contributed by atoms with van der Waals surface area (Å²) in [6.45, 7) is 0. The fourth-order valence-corrected chi connectivity index (χ4v) is 2.75. The predicted molar refractivity (Wildman–Crippen MR) is 70.0 cm³/mol. The highest BCUT2D eigenvalue weighted by atomic mass is 79.9.